The molecule has 110 valence electrons. The van der Waals surface area contributed by atoms with Gasteiger partial charge in [0.1, 0.15) is 17.5 Å². The molecule has 0 aliphatic heterocycles. The fourth-order valence-corrected chi connectivity index (χ4v) is 2.21. The fourth-order valence-electron chi connectivity index (χ4n) is 2.21. The van der Waals surface area contributed by atoms with Crippen LogP contribution in [0.5, 0.6) is 0 Å². The van der Waals surface area contributed by atoms with Gasteiger partial charge in [-0.3, -0.25) is 0 Å². The Kier molecular flexibility index (Phi) is 3.99. The zero-order valence-electron chi connectivity index (χ0n) is 12.8. The van der Waals surface area contributed by atoms with E-state index in [1.54, 1.807) is 11.5 Å². The van der Waals surface area contributed by atoms with Gasteiger partial charge in [0.2, 0.25) is 0 Å². The number of imidazole rings is 1. The molecule has 5 heteroatoms. The van der Waals surface area contributed by atoms with Crippen LogP contribution in [0.4, 0.5) is 0 Å². The molecule has 0 aliphatic carbocycles. The summed E-state index contributed by atoms with van der Waals surface area (Å²) in [7, 11) is 0. The van der Waals surface area contributed by atoms with Gasteiger partial charge in [-0.05, 0) is 39.8 Å². The van der Waals surface area contributed by atoms with E-state index in [2.05, 4.69) is 11.1 Å². The Morgan fingerprint density at radius 1 is 1.43 bits per heavy atom. The first-order chi connectivity index (χ1) is 9.83. The molecule has 0 saturated heterocycles. The lowest BCUT2D eigenvalue weighted by molar-refractivity contribution is -0.158. The molecule has 0 amide bonds. The number of para-hydroxylation sites is 2. The highest BCUT2D eigenvalue weighted by atomic mass is 16.6. The lowest BCUT2D eigenvalue weighted by atomic mass is 10.2. The normalized spacial score (nSPS) is 12.9. The van der Waals surface area contributed by atoms with Crippen molar-refractivity contribution in [2.24, 2.45) is 0 Å². The van der Waals surface area contributed by atoms with Gasteiger partial charge in [-0.2, -0.15) is 5.26 Å². The van der Waals surface area contributed by atoms with Gasteiger partial charge in [0.05, 0.1) is 23.5 Å². The van der Waals surface area contributed by atoms with Crippen LogP contribution >= 0.6 is 0 Å². The second kappa shape index (κ2) is 5.57. The highest BCUT2D eigenvalue weighted by Crippen LogP contribution is 2.23. The number of carbonyl (C=O) groups excluding carboxylic acids is 1. The Hall–Kier alpha value is -2.35. The maximum Gasteiger partial charge on any atom is 0.329 e. The van der Waals surface area contributed by atoms with Gasteiger partial charge in [-0.1, -0.05) is 12.1 Å². The molecule has 0 radical (unpaired) electrons. The summed E-state index contributed by atoms with van der Waals surface area (Å²) < 4.78 is 7.22. The van der Waals surface area contributed by atoms with E-state index in [0.29, 0.717) is 5.82 Å². The zero-order chi connectivity index (χ0) is 15.6. The van der Waals surface area contributed by atoms with E-state index in [4.69, 9.17) is 10.00 Å². The van der Waals surface area contributed by atoms with Crippen LogP contribution < -0.4 is 0 Å². The molecule has 0 bridgehead atoms. The number of benzene rings is 1. The molecule has 0 aliphatic rings. The highest BCUT2D eigenvalue weighted by molar-refractivity contribution is 5.81. The summed E-state index contributed by atoms with van der Waals surface area (Å²) >= 11 is 0. The van der Waals surface area contributed by atoms with Gasteiger partial charge >= 0.3 is 5.97 Å². The summed E-state index contributed by atoms with van der Waals surface area (Å²) in [5, 5.41) is 8.96. The quantitative estimate of drug-likeness (QED) is 0.813. The van der Waals surface area contributed by atoms with Crippen molar-refractivity contribution in [3.8, 4) is 6.07 Å². The fraction of sp³-hybridized carbons (Fsp3) is 0.438. The minimum Gasteiger partial charge on any atom is -0.458 e. The van der Waals surface area contributed by atoms with Crippen LogP contribution in [0.15, 0.2) is 24.3 Å². The number of rotatable bonds is 3. The number of nitriles is 1. The van der Waals surface area contributed by atoms with Crippen LogP contribution in [0.2, 0.25) is 0 Å². The van der Waals surface area contributed by atoms with Crippen molar-refractivity contribution >= 4 is 17.0 Å². The number of fused-ring (bicyclic) bond motifs is 1. The number of esters is 1. The summed E-state index contributed by atoms with van der Waals surface area (Å²) in [6.07, 6.45) is 0.155. The van der Waals surface area contributed by atoms with Crippen molar-refractivity contribution < 1.29 is 9.53 Å². The predicted octanol–water partition coefficient (Wildman–Crippen LogP) is 3.01. The largest absolute Gasteiger partial charge is 0.458 e. The van der Waals surface area contributed by atoms with Crippen LogP contribution in [0.1, 0.15) is 39.6 Å². The zero-order valence-corrected chi connectivity index (χ0v) is 12.8. The average Bonchev–Trinajstić information content (AvgIpc) is 2.74. The van der Waals surface area contributed by atoms with Crippen molar-refractivity contribution in [2.75, 3.05) is 0 Å². The summed E-state index contributed by atoms with van der Waals surface area (Å²) in [6.45, 7) is 7.27. The first kappa shape index (κ1) is 15.0. The Balaban J connectivity index is 2.46. The summed E-state index contributed by atoms with van der Waals surface area (Å²) in [4.78, 5) is 16.7. The maximum atomic E-state index is 12.3. The van der Waals surface area contributed by atoms with Gasteiger partial charge < -0.3 is 9.30 Å². The standard InChI is InChI=1S/C16H19N3O2/c1-11(15(20)21-16(2,3)4)19-13-8-6-5-7-12(13)18-14(19)9-10-17/h5-8,11H,9H2,1-4H3. The molecule has 1 aromatic carbocycles. The first-order valence-corrected chi connectivity index (χ1v) is 6.89. The molecule has 1 unspecified atom stereocenters. The number of nitrogens with zero attached hydrogens (tertiary/aromatic N) is 3. The molecular formula is C16H19N3O2. The van der Waals surface area contributed by atoms with Crippen LogP contribution in [-0.2, 0) is 16.0 Å². The Morgan fingerprint density at radius 3 is 2.71 bits per heavy atom. The molecule has 1 aromatic heterocycles. The van der Waals surface area contributed by atoms with Gasteiger partial charge in [-0.25, -0.2) is 9.78 Å². The predicted molar refractivity (Wildman–Crippen MR) is 79.6 cm³/mol. The van der Waals surface area contributed by atoms with E-state index in [0.717, 1.165) is 11.0 Å². The van der Waals surface area contributed by atoms with Crippen molar-refractivity contribution in [3.05, 3.63) is 30.1 Å². The minimum absolute atomic E-state index is 0.155. The van der Waals surface area contributed by atoms with Gasteiger partial charge in [-0.15, -0.1) is 0 Å². The number of hydrogen-bond acceptors (Lipinski definition) is 4. The lowest BCUT2D eigenvalue weighted by Gasteiger charge is -2.23. The molecule has 0 fully saturated rings. The Morgan fingerprint density at radius 2 is 2.10 bits per heavy atom. The minimum atomic E-state index is -0.545. The van der Waals surface area contributed by atoms with E-state index in [1.165, 1.54) is 0 Å². The molecule has 2 aromatic rings. The maximum absolute atomic E-state index is 12.3. The molecular weight excluding hydrogens is 266 g/mol. The van der Waals surface area contributed by atoms with E-state index in [9.17, 15) is 4.79 Å². The summed E-state index contributed by atoms with van der Waals surface area (Å²) in [5.41, 5.74) is 1.07. The second-order valence-corrected chi connectivity index (χ2v) is 5.93. The van der Waals surface area contributed by atoms with E-state index in [1.807, 2.05) is 45.0 Å². The molecule has 2 rings (SSSR count). The van der Waals surface area contributed by atoms with Gasteiger partial charge in [0, 0.05) is 0 Å². The van der Waals surface area contributed by atoms with Crippen molar-refractivity contribution in [2.45, 2.75) is 45.8 Å². The number of hydrogen-bond donors (Lipinski definition) is 0. The van der Waals surface area contributed by atoms with Crippen molar-refractivity contribution in [3.63, 3.8) is 0 Å². The number of aromatic nitrogens is 2. The third-order valence-electron chi connectivity index (χ3n) is 3.04. The topological polar surface area (TPSA) is 67.9 Å². The third kappa shape index (κ3) is 3.22. The van der Waals surface area contributed by atoms with Crippen molar-refractivity contribution in [1.29, 1.82) is 5.26 Å². The van der Waals surface area contributed by atoms with Crippen LogP contribution in [0.3, 0.4) is 0 Å². The molecule has 0 spiro atoms. The summed E-state index contributed by atoms with van der Waals surface area (Å²) in [6, 6.07) is 9.10. The van der Waals surface area contributed by atoms with Crippen LogP contribution in [0, 0.1) is 11.3 Å². The smallest absolute Gasteiger partial charge is 0.329 e. The van der Waals surface area contributed by atoms with Gasteiger partial charge in [0.25, 0.3) is 0 Å². The van der Waals surface area contributed by atoms with Gasteiger partial charge in [0.15, 0.2) is 0 Å². The van der Waals surface area contributed by atoms with E-state index >= 15 is 0 Å². The highest BCUT2D eigenvalue weighted by Gasteiger charge is 2.26. The Labute approximate surface area is 124 Å². The average molecular weight is 285 g/mol. The lowest BCUT2D eigenvalue weighted by Crippen LogP contribution is -2.29. The third-order valence-corrected chi connectivity index (χ3v) is 3.04. The van der Waals surface area contributed by atoms with Crippen LogP contribution in [0.25, 0.3) is 11.0 Å². The van der Waals surface area contributed by atoms with Crippen molar-refractivity contribution in [1.82, 2.24) is 9.55 Å². The second-order valence-electron chi connectivity index (χ2n) is 5.93. The molecule has 5 nitrogen and oxygen atoms in total. The van der Waals surface area contributed by atoms with Crippen LogP contribution in [-0.4, -0.2) is 21.1 Å². The first-order valence-electron chi connectivity index (χ1n) is 6.89. The van der Waals surface area contributed by atoms with E-state index in [-0.39, 0.29) is 12.4 Å². The molecule has 21 heavy (non-hydrogen) atoms. The number of ether oxygens (including phenoxy) is 1. The summed E-state index contributed by atoms with van der Waals surface area (Å²) in [5.74, 6) is 0.252. The monoisotopic (exact) mass is 285 g/mol. The SMILES string of the molecule is CC(C(=O)OC(C)(C)C)n1c(CC#N)nc2ccccc21. The molecule has 1 heterocycles. The van der Waals surface area contributed by atoms with E-state index < -0.39 is 11.6 Å². The Bertz CT molecular complexity index is 704. The molecule has 0 N–H and O–H groups in total. The molecule has 0 saturated carbocycles. The molecule has 1 atom stereocenters. The number of carbonyl (C=O) groups is 1.